The first-order chi connectivity index (χ1) is 9.50. The first-order valence-corrected chi connectivity index (χ1v) is 10.0. The normalized spacial score (nSPS) is 27.2. The molecule has 1 aliphatic carbocycles. The lowest BCUT2D eigenvalue weighted by Crippen LogP contribution is -2.63. The Morgan fingerprint density at radius 2 is 1.90 bits per heavy atom. The Kier molecular flexibility index (Phi) is 5.49. The molecule has 1 saturated carbocycles. The van der Waals surface area contributed by atoms with Gasteiger partial charge in [-0.15, -0.1) is 0 Å². The topological polar surface area (TPSA) is 49.4 Å². The maximum absolute atomic E-state index is 11.9. The van der Waals surface area contributed by atoms with Crippen LogP contribution >= 0.6 is 0 Å². The van der Waals surface area contributed by atoms with Gasteiger partial charge in [-0.2, -0.15) is 0 Å². The summed E-state index contributed by atoms with van der Waals surface area (Å²) in [4.78, 5) is 2.44. The van der Waals surface area contributed by atoms with Crippen molar-refractivity contribution in [3.63, 3.8) is 0 Å². The van der Waals surface area contributed by atoms with Crippen LogP contribution in [0.2, 0.25) is 0 Å². The Labute approximate surface area is 124 Å². The van der Waals surface area contributed by atoms with Crippen LogP contribution in [0.3, 0.4) is 0 Å². The van der Waals surface area contributed by atoms with Gasteiger partial charge in [0.15, 0.2) is 9.84 Å². The average Bonchev–Trinajstić information content (AvgIpc) is 2.85. The molecule has 118 valence electrons. The number of piperazine rings is 1. The van der Waals surface area contributed by atoms with Crippen LogP contribution in [0.15, 0.2) is 0 Å². The van der Waals surface area contributed by atoms with E-state index in [9.17, 15) is 8.42 Å². The maximum Gasteiger partial charge on any atom is 0.151 e. The Morgan fingerprint density at radius 1 is 1.20 bits per heavy atom. The summed E-state index contributed by atoms with van der Waals surface area (Å²) in [6, 6.07) is 0.498. The molecule has 1 atom stereocenters. The molecule has 0 radical (unpaired) electrons. The Morgan fingerprint density at radius 3 is 2.50 bits per heavy atom. The van der Waals surface area contributed by atoms with Crippen molar-refractivity contribution in [2.45, 2.75) is 64.0 Å². The van der Waals surface area contributed by atoms with Gasteiger partial charge in [-0.3, -0.25) is 4.90 Å². The summed E-state index contributed by atoms with van der Waals surface area (Å²) in [6.07, 6.45) is 6.95. The van der Waals surface area contributed by atoms with E-state index in [-0.39, 0.29) is 5.54 Å². The summed E-state index contributed by atoms with van der Waals surface area (Å²) < 4.78 is 23.9. The second-order valence-corrected chi connectivity index (χ2v) is 8.86. The highest BCUT2D eigenvalue weighted by atomic mass is 32.2. The van der Waals surface area contributed by atoms with Crippen molar-refractivity contribution in [1.82, 2.24) is 10.2 Å². The van der Waals surface area contributed by atoms with Gasteiger partial charge in [0.1, 0.15) is 0 Å². The first-order valence-electron chi connectivity index (χ1n) is 8.20. The quantitative estimate of drug-likeness (QED) is 0.813. The van der Waals surface area contributed by atoms with Crippen molar-refractivity contribution in [2.24, 2.45) is 0 Å². The third-order valence-corrected chi connectivity index (χ3v) is 6.81. The van der Waals surface area contributed by atoms with Crippen LogP contribution in [0.5, 0.6) is 0 Å². The van der Waals surface area contributed by atoms with E-state index in [1.807, 2.05) is 6.92 Å². The van der Waals surface area contributed by atoms with Gasteiger partial charge in [-0.25, -0.2) is 8.42 Å². The van der Waals surface area contributed by atoms with E-state index < -0.39 is 9.84 Å². The molecule has 1 heterocycles. The molecule has 20 heavy (non-hydrogen) atoms. The maximum atomic E-state index is 11.9. The molecule has 0 amide bonds. The van der Waals surface area contributed by atoms with Crippen LogP contribution in [0.25, 0.3) is 0 Å². The van der Waals surface area contributed by atoms with Crippen molar-refractivity contribution in [3.8, 4) is 0 Å². The number of hydrogen-bond donors (Lipinski definition) is 1. The van der Waals surface area contributed by atoms with Gasteiger partial charge in [-0.05, 0) is 25.7 Å². The minimum atomic E-state index is -2.86. The third-order valence-electron chi connectivity index (χ3n) is 4.97. The highest BCUT2D eigenvalue weighted by Crippen LogP contribution is 2.33. The second-order valence-electron chi connectivity index (χ2n) is 6.55. The predicted molar refractivity (Wildman–Crippen MR) is 83.8 cm³/mol. The SMILES string of the molecule is CCCS(=O)(=O)CCN1CC2(CCCC2)NCC1CC. The monoisotopic (exact) mass is 302 g/mol. The molecule has 1 spiro atoms. The minimum absolute atomic E-state index is 0.278. The summed E-state index contributed by atoms with van der Waals surface area (Å²) in [5.74, 6) is 0.661. The van der Waals surface area contributed by atoms with E-state index in [0.717, 1.165) is 25.9 Å². The van der Waals surface area contributed by atoms with E-state index in [2.05, 4.69) is 17.1 Å². The smallest absolute Gasteiger partial charge is 0.151 e. The Bertz CT molecular complexity index is 402. The molecule has 5 heteroatoms. The molecule has 0 bridgehead atoms. The molecular weight excluding hydrogens is 272 g/mol. The zero-order chi connectivity index (χ0) is 14.6. The zero-order valence-corrected chi connectivity index (χ0v) is 13.8. The standard InChI is InChI=1S/C15H30N2O2S/c1-3-10-20(18,19)11-9-17-13-15(7-5-6-8-15)16-12-14(17)4-2/h14,16H,3-13H2,1-2H3. The molecule has 1 unspecified atom stereocenters. The van der Waals surface area contributed by atoms with Crippen molar-refractivity contribution in [1.29, 1.82) is 0 Å². The van der Waals surface area contributed by atoms with Crippen molar-refractivity contribution in [3.05, 3.63) is 0 Å². The van der Waals surface area contributed by atoms with Crippen molar-refractivity contribution < 1.29 is 8.42 Å². The fraction of sp³-hybridized carbons (Fsp3) is 1.00. The largest absolute Gasteiger partial charge is 0.308 e. The van der Waals surface area contributed by atoms with E-state index in [4.69, 9.17) is 0 Å². The fourth-order valence-electron chi connectivity index (χ4n) is 3.76. The van der Waals surface area contributed by atoms with Crippen LogP contribution in [-0.2, 0) is 9.84 Å². The molecule has 0 aromatic rings. The third kappa shape index (κ3) is 3.95. The molecule has 2 rings (SSSR count). The number of hydrogen-bond acceptors (Lipinski definition) is 4. The molecule has 1 N–H and O–H groups in total. The molecule has 2 aliphatic rings. The predicted octanol–water partition coefficient (Wildman–Crippen LogP) is 1.81. The molecule has 1 saturated heterocycles. The molecule has 2 fully saturated rings. The number of nitrogens with one attached hydrogen (secondary N) is 1. The lowest BCUT2D eigenvalue weighted by Gasteiger charge is -2.46. The van der Waals surface area contributed by atoms with E-state index >= 15 is 0 Å². The Hall–Kier alpha value is -0.130. The van der Waals surface area contributed by atoms with Crippen molar-refractivity contribution in [2.75, 3.05) is 31.1 Å². The summed E-state index contributed by atoms with van der Waals surface area (Å²) >= 11 is 0. The average molecular weight is 302 g/mol. The summed E-state index contributed by atoms with van der Waals surface area (Å²) in [7, 11) is -2.86. The van der Waals surface area contributed by atoms with E-state index in [0.29, 0.717) is 24.1 Å². The highest BCUT2D eigenvalue weighted by molar-refractivity contribution is 7.91. The lowest BCUT2D eigenvalue weighted by atomic mass is 9.92. The minimum Gasteiger partial charge on any atom is -0.308 e. The van der Waals surface area contributed by atoms with Crippen LogP contribution in [0, 0.1) is 0 Å². The van der Waals surface area contributed by atoms with Crippen molar-refractivity contribution >= 4 is 9.84 Å². The van der Waals surface area contributed by atoms with Gasteiger partial charge < -0.3 is 5.32 Å². The molecular formula is C15H30N2O2S. The highest BCUT2D eigenvalue weighted by Gasteiger charge is 2.40. The van der Waals surface area contributed by atoms with Gasteiger partial charge in [0, 0.05) is 37.0 Å². The summed E-state index contributed by atoms with van der Waals surface area (Å²) in [6.45, 7) is 6.90. The molecule has 0 aromatic heterocycles. The van der Waals surface area contributed by atoms with Gasteiger partial charge in [0.2, 0.25) is 0 Å². The number of rotatable bonds is 6. The lowest BCUT2D eigenvalue weighted by molar-refractivity contribution is 0.0841. The van der Waals surface area contributed by atoms with Crippen LogP contribution in [-0.4, -0.2) is 56.0 Å². The molecule has 4 nitrogen and oxygen atoms in total. The van der Waals surface area contributed by atoms with E-state index in [1.54, 1.807) is 0 Å². The molecule has 0 aromatic carbocycles. The van der Waals surface area contributed by atoms with Crippen LogP contribution in [0.1, 0.15) is 52.4 Å². The Balaban J connectivity index is 1.95. The summed E-state index contributed by atoms with van der Waals surface area (Å²) in [5.41, 5.74) is 0.278. The van der Waals surface area contributed by atoms with E-state index in [1.165, 1.54) is 25.7 Å². The molecule has 1 aliphatic heterocycles. The number of sulfone groups is 1. The van der Waals surface area contributed by atoms with Gasteiger partial charge in [0.25, 0.3) is 0 Å². The number of nitrogens with zero attached hydrogens (tertiary/aromatic N) is 1. The van der Waals surface area contributed by atoms with Gasteiger partial charge in [0.05, 0.1) is 5.75 Å². The fourth-order valence-corrected chi connectivity index (χ4v) is 5.10. The first kappa shape index (κ1) is 16.2. The zero-order valence-electron chi connectivity index (χ0n) is 13.0. The van der Waals surface area contributed by atoms with Crippen LogP contribution in [0.4, 0.5) is 0 Å². The second kappa shape index (κ2) is 6.75. The summed E-state index contributed by atoms with van der Waals surface area (Å²) in [5, 5.41) is 3.76. The van der Waals surface area contributed by atoms with Gasteiger partial charge >= 0.3 is 0 Å². The van der Waals surface area contributed by atoms with Gasteiger partial charge in [-0.1, -0.05) is 26.7 Å². The van der Waals surface area contributed by atoms with Crippen LogP contribution < -0.4 is 5.32 Å².